The number of hydrogen-bond acceptors (Lipinski definition) is 6. The van der Waals surface area contributed by atoms with E-state index in [9.17, 15) is 9.90 Å². The molecule has 1 aliphatic heterocycles. The maximum Gasteiger partial charge on any atom is 0.273 e. The first-order valence-corrected chi connectivity index (χ1v) is 6.41. The quantitative estimate of drug-likeness (QED) is 0.767. The molecule has 0 radical (unpaired) electrons. The Bertz CT molecular complexity index is 584. The fourth-order valence-electron chi connectivity index (χ4n) is 2.16. The molecule has 1 fully saturated rings. The van der Waals surface area contributed by atoms with E-state index in [0.29, 0.717) is 31.2 Å². The van der Waals surface area contributed by atoms with Gasteiger partial charge in [-0.2, -0.15) is 0 Å². The fraction of sp³-hybridized carbons (Fsp3) is 0.385. The highest BCUT2D eigenvalue weighted by atomic mass is 35.5. The molecule has 2 aromatic heterocycles. The summed E-state index contributed by atoms with van der Waals surface area (Å²) >= 11 is 0. The molecule has 2 aromatic rings. The van der Waals surface area contributed by atoms with Crippen LogP contribution < -0.4 is 10.6 Å². The normalized spacial score (nSPS) is 21.0. The van der Waals surface area contributed by atoms with Crippen molar-refractivity contribution in [2.24, 2.45) is 5.92 Å². The minimum absolute atomic E-state index is 0. The van der Waals surface area contributed by atoms with E-state index in [-0.39, 0.29) is 29.9 Å². The van der Waals surface area contributed by atoms with Crippen LogP contribution in [-0.4, -0.2) is 41.9 Å². The number of nitrogens with one attached hydrogen (secondary N) is 2. The number of aromatic nitrogens is 1. The zero-order chi connectivity index (χ0) is 13.9. The van der Waals surface area contributed by atoms with Crippen LogP contribution in [0.3, 0.4) is 0 Å². The van der Waals surface area contributed by atoms with Gasteiger partial charge < -0.3 is 24.7 Å². The highest BCUT2D eigenvalue weighted by Crippen LogP contribution is 2.20. The van der Waals surface area contributed by atoms with Gasteiger partial charge in [0.1, 0.15) is 0 Å². The average Bonchev–Trinajstić information content (AvgIpc) is 3.17. The summed E-state index contributed by atoms with van der Waals surface area (Å²) in [6.45, 7) is 1.65. The molecule has 2 unspecified atom stereocenters. The zero-order valence-corrected chi connectivity index (χ0v) is 11.9. The highest BCUT2D eigenvalue weighted by Gasteiger charge is 2.25. The Morgan fingerprint density at radius 3 is 3.00 bits per heavy atom. The Balaban J connectivity index is 0.00000161. The van der Waals surface area contributed by atoms with E-state index < -0.39 is 6.10 Å². The molecule has 114 valence electrons. The van der Waals surface area contributed by atoms with Crippen molar-refractivity contribution in [3.8, 4) is 11.5 Å². The topological polar surface area (TPSA) is 101 Å². The van der Waals surface area contributed by atoms with Crippen molar-refractivity contribution in [2.45, 2.75) is 6.10 Å². The van der Waals surface area contributed by atoms with E-state index in [1.165, 1.54) is 12.3 Å². The first-order chi connectivity index (χ1) is 9.74. The summed E-state index contributed by atoms with van der Waals surface area (Å²) in [5, 5.41) is 19.2. The van der Waals surface area contributed by atoms with E-state index in [4.69, 9.17) is 8.94 Å². The Morgan fingerprint density at radius 2 is 2.33 bits per heavy atom. The van der Waals surface area contributed by atoms with Crippen LogP contribution in [0.25, 0.3) is 11.5 Å². The van der Waals surface area contributed by atoms with Crippen molar-refractivity contribution in [1.82, 2.24) is 15.8 Å². The standard InChI is InChI=1S/C13H15N3O4.ClH/c17-10-7-14-5-8(10)6-15-13(18)9-4-12(20-16-9)11-2-1-3-19-11;/h1-4,8,10,14,17H,5-7H2,(H,15,18);1H. The van der Waals surface area contributed by atoms with E-state index in [2.05, 4.69) is 15.8 Å². The molecule has 0 aromatic carbocycles. The van der Waals surface area contributed by atoms with Crippen LogP contribution in [0.4, 0.5) is 0 Å². The molecular formula is C13H16ClN3O4. The lowest BCUT2D eigenvalue weighted by molar-refractivity contribution is 0.0918. The van der Waals surface area contributed by atoms with Crippen LogP contribution >= 0.6 is 12.4 Å². The molecule has 1 aliphatic rings. The van der Waals surface area contributed by atoms with Gasteiger partial charge in [0.2, 0.25) is 5.76 Å². The van der Waals surface area contributed by atoms with Gasteiger partial charge in [-0.05, 0) is 12.1 Å². The number of aliphatic hydroxyl groups is 1. The Hall–Kier alpha value is -1.83. The first-order valence-electron chi connectivity index (χ1n) is 6.41. The molecule has 0 aliphatic carbocycles. The zero-order valence-electron chi connectivity index (χ0n) is 11.1. The Kier molecular flexibility index (Phi) is 5.00. The van der Waals surface area contributed by atoms with Crippen LogP contribution in [0.5, 0.6) is 0 Å². The molecule has 3 N–H and O–H groups in total. The summed E-state index contributed by atoms with van der Waals surface area (Å²) in [6, 6.07) is 4.98. The lowest BCUT2D eigenvalue weighted by Gasteiger charge is -2.13. The molecular weight excluding hydrogens is 298 g/mol. The number of carbonyl (C=O) groups excluding carboxylic acids is 1. The number of nitrogens with zero attached hydrogens (tertiary/aromatic N) is 1. The van der Waals surface area contributed by atoms with E-state index in [0.717, 1.165) is 0 Å². The van der Waals surface area contributed by atoms with Crippen LogP contribution in [-0.2, 0) is 0 Å². The summed E-state index contributed by atoms with van der Waals surface area (Å²) in [6.07, 6.45) is 1.10. The van der Waals surface area contributed by atoms with E-state index in [1.54, 1.807) is 12.1 Å². The molecule has 0 bridgehead atoms. The van der Waals surface area contributed by atoms with Crippen molar-refractivity contribution in [3.05, 3.63) is 30.2 Å². The molecule has 3 rings (SSSR count). The third-order valence-corrected chi connectivity index (χ3v) is 3.34. The summed E-state index contributed by atoms with van der Waals surface area (Å²) in [5.41, 5.74) is 0.192. The number of amides is 1. The number of hydrogen-bond donors (Lipinski definition) is 3. The lowest BCUT2D eigenvalue weighted by atomic mass is 10.1. The largest absolute Gasteiger partial charge is 0.461 e. The molecule has 0 saturated carbocycles. The van der Waals surface area contributed by atoms with Gasteiger partial charge in [-0.1, -0.05) is 5.16 Å². The van der Waals surface area contributed by atoms with Gasteiger partial charge in [-0.15, -0.1) is 12.4 Å². The van der Waals surface area contributed by atoms with Crippen molar-refractivity contribution < 1.29 is 18.8 Å². The fourth-order valence-corrected chi connectivity index (χ4v) is 2.16. The summed E-state index contributed by atoms with van der Waals surface area (Å²) in [4.78, 5) is 11.9. The van der Waals surface area contributed by atoms with E-state index in [1.807, 2.05) is 0 Å². The van der Waals surface area contributed by atoms with Crippen LogP contribution in [0.15, 0.2) is 33.4 Å². The minimum atomic E-state index is -0.425. The molecule has 2 atom stereocenters. The number of furan rings is 1. The van der Waals surface area contributed by atoms with Gasteiger partial charge in [-0.3, -0.25) is 4.79 Å². The Morgan fingerprint density at radius 1 is 1.48 bits per heavy atom. The summed E-state index contributed by atoms with van der Waals surface area (Å²) < 4.78 is 10.2. The van der Waals surface area contributed by atoms with Crippen LogP contribution in [0.1, 0.15) is 10.5 Å². The van der Waals surface area contributed by atoms with E-state index >= 15 is 0 Å². The van der Waals surface area contributed by atoms with Crippen molar-refractivity contribution >= 4 is 18.3 Å². The van der Waals surface area contributed by atoms with Gasteiger partial charge in [0.15, 0.2) is 11.5 Å². The van der Waals surface area contributed by atoms with Gasteiger partial charge in [0, 0.05) is 31.6 Å². The second-order valence-electron chi connectivity index (χ2n) is 4.75. The number of halogens is 1. The molecule has 3 heterocycles. The maximum atomic E-state index is 11.9. The predicted octanol–water partition coefficient (Wildman–Crippen LogP) is 0.666. The van der Waals surface area contributed by atoms with Gasteiger partial charge in [0.25, 0.3) is 5.91 Å². The molecule has 8 heteroatoms. The van der Waals surface area contributed by atoms with Crippen molar-refractivity contribution in [1.29, 1.82) is 0 Å². The minimum Gasteiger partial charge on any atom is -0.461 e. The van der Waals surface area contributed by atoms with Gasteiger partial charge >= 0.3 is 0 Å². The number of carbonyl (C=O) groups is 1. The second kappa shape index (κ2) is 6.75. The van der Waals surface area contributed by atoms with Crippen LogP contribution in [0, 0.1) is 5.92 Å². The molecule has 1 amide bonds. The second-order valence-corrected chi connectivity index (χ2v) is 4.75. The highest BCUT2D eigenvalue weighted by molar-refractivity contribution is 5.92. The van der Waals surface area contributed by atoms with Crippen LogP contribution in [0.2, 0.25) is 0 Å². The third-order valence-electron chi connectivity index (χ3n) is 3.34. The third kappa shape index (κ3) is 3.44. The predicted molar refractivity (Wildman–Crippen MR) is 76.2 cm³/mol. The summed E-state index contributed by atoms with van der Waals surface area (Å²) in [5.74, 6) is 0.621. The molecule has 7 nitrogen and oxygen atoms in total. The molecule has 0 spiro atoms. The maximum absolute atomic E-state index is 11.9. The smallest absolute Gasteiger partial charge is 0.273 e. The Labute approximate surface area is 127 Å². The average molecular weight is 314 g/mol. The molecule has 21 heavy (non-hydrogen) atoms. The first kappa shape index (κ1) is 15.6. The van der Waals surface area contributed by atoms with Gasteiger partial charge in [0.05, 0.1) is 12.4 Å². The number of aliphatic hydroxyl groups excluding tert-OH is 1. The number of rotatable bonds is 4. The molecule has 1 saturated heterocycles. The van der Waals surface area contributed by atoms with Crippen molar-refractivity contribution in [2.75, 3.05) is 19.6 Å². The summed E-state index contributed by atoms with van der Waals surface area (Å²) in [7, 11) is 0. The lowest BCUT2D eigenvalue weighted by Crippen LogP contribution is -2.34. The van der Waals surface area contributed by atoms with Crippen molar-refractivity contribution in [3.63, 3.8) is 0 Å². The van der Waals surface area contributed by atoms with Gasteiger partial charge in [-0.25, -0.2) is 0 Å². The number of β-amino-alcohol motifs (C(OH)–C–C–N with tert-alkyl or cyclic N) is 1. The monoisotopic (exact) mass is 313 g/mol. The SMILES string of the molecule is Cl.O=C(NCC1CNCC1O)c1cc(-c2ccco2)on1.